The maximum atomic E-state index is 9.24. The van der Waals surface area contributed by atoms with Crippen molar-refractivity contribution in [1.29, 1.82) is 0 Å². The van der Waals surface area contributed by atoms with E-state index in [-0.39, 0.29) is 5.88 Å². The highest BCUT2D eigenvalue weighted by Gasteiger charge is 2.03. The number of hydrogen-bond acceptors (Lipinski definition) is 2. The lowest BCUT2D eigenvalue weighted by Crippen LogP contribution is -1.87. The Hall–Kier alpha value is -1.51. The SMILES string of the molecule is Cn1nc(O)c2c[c]ccc21. The van der Waals surface area contributed by atoms with E-state index in [0.717, 1.165) is 10.9 Å². The van der Waals surface area contributed by atoms with Crippen molar-refractivity contribution in [3.05, 3.63) is 24.3 Å². The fraction of sp³-hybridized carbons (Fsp3) is 0.125. The highest BCUT2D eigenvalue weighted by molar-refractivity contribution is 5.83. The maximum absolute atomic E-state index is 9.24. The van der Waals surface area contributed by atoms with Gasteiger partial charge in [-0.05, 0) is 18.2 Å². The Morgan fingerprint density at radius 2 is 2.45 bits per heavy atom. The van der Waals surface area contributed by atoms with Crippen molar-refractivity contribution >= 4 is 10.9 Å². The van der Waals surface area contributed by atoms with Crippen molar-refractivity contribution in [2.45, 2.75) is 0 Å². The lowest BCUT2D eigenvalue weighted by atomic mass is 10.2. The minimum Gasteiger partial charge on any atom is -0.492 e. The molecular formula is C8H7N2O. The van der Waals surface area contributed by atoms with Crippen LogP contribution in [0.4, 0.5) is 0 Å². The molecule has 0 aliphatic rings. The zero-order chi connectivity index (χ0) is 7.84. The molecule has 0 unspecified atom stereocenters. The molecule has 3 nitrogen and oxygen atoms in total. The lowest BCUT2D eigenvalue weighted by Gasteiger charge is -1.88. The van der Waals surface area contributed by atoms with E-state index in [9.17, 15) is 5.11 Å². The number of aromatic hydroxyl groups is 1. The van der Waals surface area contributed by atoms with E-state index in [1.54, 1.807) is 23.9 Å². The number of aromatic nitrogens is 2. The van der Waals surface area contributed by atoms with E-state index in [0.29, 0.717) is 0 Å². The number of nitrogens with zero attached hydrogens (tertiary/aromatic N) is 2. The van der Waals surface area contributed by atoms with Crippen molar-refractivity contribution in [2.75, 3.05) is 0 Å². The van der Waals surface area contributed by atoms with Crippen molar-refractivity contribution in [1.82, 2.24) is 9.78 Å². The highest BCUT2D eigenvalue weighted by Crippen LogP contribution is 2.21. The van der Waals surface area contributed by atoms with Crippen molar-refractivity contribution in [3.63, 3.8) is 0 Å². The van der Waals surface area contributed by atoms with Crippen LogP contribution in [-0.2, 0) is 7.05 Å². The summed E-state index contributed by atoms with van der Waals surface area (Å²) in [6.07, 6.45) is 0. The highest BCUT2D eigenvalue weighted by atomic mass is 16.3. The van der Waals surface area contributed by atoms with Crippen LogP contribution in [-0.4, -0.2) is 14.9 Å². The minimum absolute atomic E-state index is 0.0688. The first-order valence-electron chi connectivity index (χ1n) is 3.31. The van der Waals surface area contributed by atoms with E-state index >= 15 is 0 Å². The zero-order valence-electron chi connectivity index (χ0n) is 6.07. The van der Waals surface area contributed by atoms with Gasteiger partial charge in [-0.2, -0.15) is 0 Å². The molecule has 0 amide bonds. The van der Waals surface area contributed by atoms with Crippen LogP contribution in [0.15, 0.2) is 18.2 Å². The summed E-state index contributed by atoms with van der Waals surface area (Å²) in [6, 6.07) is 8.25. The monoisotopic (exact) mass is 147 g/mol. The summed E-state index contributed by atoms with van der Waals surface area (Å²) in [7, 11) is 1.79. The standard InChI is InChI=1S/C8H7N2O/c1-10-7-5-3-2-4-6(7)8(11)9-10/h3-5H,1H3,(H,9,11). The second-order valence-corrected chi connectivity index (χ2v) is 2.39. The van der Waals surface area contributed by atoms with Crippen LogP contribution < -0.4 is 0 Å². The van der Waals surface area contributed by atoms with Crippen LogP contribution in [0.2, 0.25) is 0 Å². The summed E-state index contributed by atoms with van der Waals surface area (Å²) < 4.78 is 1.64. The first kappa shape index (κ1) is 6.22. The normalized spacial score (nSPS) is 10.6. The summed E-state index contributed by atoms with van der Waals surface area (Å²) in [4.78, 5) is 0. The Morgan fingerprint density at radius 3 is 3.18 bits per heavy atom. The Kier molecular flexibility index (Phi) is 1.12. The summed E-state index contributed by atoms with van der Waals surface area (Å²) in [5, 5.41) is 13.8. The topological polar surface area (TPSA) is 38.0 Å². The van der Waals surface area contributed by atoms with Crippen molar-refractivity contribution < 1.29 is 5.11 Å². The van der Waals surface area contributed by atoms with Crippen LogP contribution in [0.1, 0.15) is 0 Å². The van der Waals surface area contributed by atoms with Gasteiger partial charge in [0, 0.05) is 7.05 Å². The molecule has 1 heterocycles. The molecule has 2 rings (SSSR count). The Bertz CT molecular complexity index is 356. The fourth-order valence-electron chi connectivity index (χ4n) is 1.13. The van der Waals surface area contributed by atoms with E-state index in [2.05, 4.69) is 11.2 Å². The number of fused-ring (bicyclic) bond motifs is 1. The van der Waals surface area contributed by atoms with Crippen LogP contribution in [0.3, 0.4) is 0 Å². The number of benzene rings is 1. The Balaban J connectivity index is 2.95. The van der Waals surface area contributed by atoms with E-state index < -0.39 is 0 Å². The lowest BCUT2D eigenvalue weighted by molar-refractivity contribution is 0.449. The molecule has 0 saturated heterocycles. The second kappa shape index (κ2) is 1.99. The number of hydrogen-bond donors (Lipinski definition) is 1. The van der Waals surface area contributed by atoms with Gasteiger partial charge in [0.15, 0.2) is 0 Å². The minimum atomic E-state index is 0.0688. The van der Waals surface area contributed by atoms with E-state index in [1.165, 1.54) is 0 Å². The van der Waals surface area contributed by atoms with Crippen LogP contribution in [0.25, 0.3) is 10.9 Å². The first-order chi connectivity index (χ1) is 5.29. The third-order valence-corrected chi connectivity index (χ3v) is 1.68. The molecule has 0 atom stereocenters. The van der Waals surface area contributed by atoms with Gasteiger partial charge in [0.05, 0.1) is 10.9 Å². The van der Waals surface area contributed by atoms with Gasteiger partial charge in [-0.25, -0.2) is 0 Å². The van der Waals surface area contributed by atoms with Gasteiger partial charge >= 0.3 is 0 Å². The zero-order valence-corrected chi connectivity index (χ0v) is 6.07. The van der Waals surface area contributed by atoms with Crippen LogP contribution >= 0.6 is 0 Å². The molecule has 11 heavy (non-hydrogen) atoms. The van der Waals surface area contributed by atoms with E-state index in [1.807, 2.05) is 6.07 Å². The van der Waals surface area contributed by atoms with Crippen LogP contribution in [0, 0.1) is 6.07 Å². The van der Waals surface area contributed by atoms with Gasteiger partial charge in [-0.1, -0.05) is 6.07 Å². The quantitative estimate of drug-likeness (QED) is 0.605. The molecule has 0 aliphatic heterocycles. The average molecular weight is 147 g/mol. The predicted molar refractivity (Wildman–Crippen MR) is 41.2 cm³/mol. The van der Waals surface area contributed by atoms with Crippen LogP contribution in [0.5, 0.6) is 5.88 Å². The molecule has 0 bridgehead atoms. The molecular weight excluding hydrogens is 140 g/mol. The van der Waals surface area contributed by atoms with Gasteiger partial charge in [-0.15, -0.1) is 5.10 Å². The molecule has 0 aliphatic carbocycles. The third-order valence-electron chi connectivity index (χ3n) is 1.68. The summed E-state index contributed by atoms with van der Waals surface area (Å²) in [6.45, 7) is 0. The Labute approximate surface area is 63.9 Å². The molecule has 1 aromatic heterocycles. The first-order valence-corrected chi connectivity index (χ1v) is 3.31. The molecule has 1 aromatic carbocycles. The summed E-state index contributed by atoms with van der Waals surface area (Å²) in [5.41, 5.74) is 0.918. The maximum Gasteiger partial charge on any atom is 0.238 e. The number of rotatable bonds is 0. The number of aryl methyl sites for hydroxylation is 1. The summed E-state index contributed by atoms with van der Waals surface area (Å²) >= 11 is 0. The fourth-order valence-corrected chi connectivity index (χ4v) is 1.13. The smallest absolute Gasteiger partial charge is 0.238 e. The molecule has 1 radical (unpaired) electrons. The molecule has 55 valence electrons. The molecule has 1 N–H and O–H groups in total. The third kappa shape index (κ3) is 0.774. The molecule has 3 heteroatoms. The Morgan fingerprint density at radius 1 is 1.64 bits per heavy atom. The molecule has 0 spiro atoms. The molecule has 0 fully saturated rings. The largest absolute Gasteiger partial charge is 0.492 e. The molecule has 0 saturated carbocycles. The van der Waals surface area contributed by atoms with Gasteiger partial charge in [0.25, 0.3) is 0 Å². The van der Waals surface area contributed by atoms with Gasteiger partial charge in [-0.3, -0.25) is 4.68 Å². The van der Waals surface area contributed by atoms with Crippen molar-refractivity contribution in [3.8, 4) is 5.88 Å². The molecule has 2 aromatic rings. The van der Waals surface area contributed by atoms with Gasteiger partial charge in [0.2, 0.25) is 5.88 Å². The van der Waals surface area contributed by atoms with E-state index in [4.69, 9.17) is 0 Å². The second-order valence-electron chi connectivity index (χ2n) is 2.39. The van der Waals surface area contributed by atoms with Gasteiger partial charge in [0.1, 0.15) is 0 Å². The summed E-state index contributed by atoms with van der Waals surface area (Å²) in [5.74, 6) is 0.0688. The predicted octanol–water partition coefficient (Wildman–Crippen LogP) is 1.08. The van der Waals surface area contributed by atoms with Crippen molar-refractivity contribution in [2.24, 2.45) is 7.05 Å². The van der Waals surface area contributed by atoms with Gasteiger partial charge < -0.3 is 5.11 Å². The average Bonchev–Trinajstić information content (AvgIpc) is 2.30.